The largest absolute Gasteiger partial charge is 0.333 e. The van der Waals surface area contributed by atoms with Gasteiger partial charge in [0.1, 0.15) is 0 Å². The van der Waals surface area contributed by atoms with Gasteiger partial charge in [-0.3, -0.25) is 4.79 Å². The van der Waals surface area contributed by atoms with Crippen LogP contribution in [0.5, 0.6) is 0 Å². The number of aryl methyl sites for hydroxylation is 1. The quantitative estimate of drug-likeness (QED) is 0.866. The van der Waals surface area contributed by atoms with Gasteiger partial charge in [-0.15, -0.1) is 0 Å². The maximum absolute atomic E-state index is 12.5. The average Bonchev–Trinajstić information content (AvgIpc) is 2.41. The Morgan fingerprint density at radius 1 is 1.33 bits per heavy atom. The number of piperazine rings is 1. The van der Waals surface area contributed by atoms with Crippen LogP contribution in [0.4, 0.5) is 0 Å². The van der Waals surface area contributed by atoms with Crippen molar-refractivity contribution < 1.29 is 4.79 Å². The van der Waals surface area contributed by atoms with Crippen molar-refractivity contribution in [2.75, 3.05) is 13.1 Å². The molecule has 0 saturated carbocycles. The fourth-order valence-electron chi connectivity index (χ4n) is 2.35. The number of hydrogen-bond donors (Lipinski definition) is 1. The minimum Gasteiger partial charge on any atom is -0.333 e. The highest BCUT2D eigenvalue weighted by atomic mass is 16.2. The Morgan fingerprint density at radius 2 is 2.00 bits per heavy atom. The van der Waals surface area contributed by atoms with Crippen LogP contribution in [-0.2, 0) is 6.42 Å². The lowest BCUT2D eigenvalue weighted by atomic mass is 10.1. The average molecular weight is 246 g/mol. The lowest BCUT2D eigenvalue weighted by Crippen LogP contribution is -2.56. The second-order valence-electron chi connectivity index (χ2n) is 5.17. The van der Waals surface area contributed by atoms with Gasteiger partial charge in [-0.25, -0.2) is 0 Å². The van der Waals surface area contributed by atoms with Crippen molar-refractivity contribution in [3.05, 3.63) is 35.4 Å². The van der Waals surface area contributed by atoms with Crippen molar-refractivity contribution in [3.8, 4) is 0 Å². The van der Waals surface area contributed by atoms with Gasteiger partial charge in [0.25, 0.3) is 5.91 Å². The summed E-state index contributed by atoms with van der Waals surface area (Å²) in [5, 5.41) is 3.39. The van der Waals surface area contributed by atoms with E-state index >= 15 is 0 Å². The number of amides is 1. The molecular weight excluding hydrogens is 224 g/mol. The Kier molecular flexibility index (Phi) is 4.02. The van der Waals surface area contributed by atoms with Crippen LogP contribution in [0.15, 0.2) is 24.3 Å². The van der Waals surface area contributed by atoms with Crippen molar-refractivity contribution in [2.45, 2.75) is 39.3 Å². The van der Waals surface area contributed by atoms with Crippen molar-refractivity contribution in [1.82, 2.24) is 10.2 Å². The van der Waals surface area contributed by atoms with E-state index in [0.717, 1.165) is 25.1 Å². The number of nitrogens with zero attached hydrogens (tertiary/aromatic N) is 1. The minimum atomic E-state index is 0.151. The molecule has 1 aliphatic heterocycles. The van der Waals surface area contributed by atoms with Crippen LogP contribution in [0.2, 0.25) is 0 Å². The molecule has 2 rings (SSSR count). The summed E-state index contributed by atoms with van der Waals surface area (Å²) < 4.78 is 0. The van der Waals surface area contributed by atoms with Crippen molar-refractivity contribution in [3.63, 3.8) is 0 Å². The molecule has 0 aromatic heterocycles. The SMILES string of the molecule is CCc1ccc(C(=O)N2CC(C)NCC2C)cc1. The molecule has 3 heteroatoms. The molecule has 1 N–H and O–H groups in total. The van der Waals surface area contributed by atoms with E-state index in [-0.39, 0.29) is 11.9 Å². The van der Waals surface area contributed by atoms with Gasteiger partial charge in [-0.2, -0.15) is 0 Å². The van der Waals surface area contributed by atoms with Gasteiger partial charge in [-0.1, -0.05) is 19.1 Å². The van der Waals surface area contributed by atoms with Gasteiger partial charge >= 0.3 is 0 Å². The molecule has 1 heterocycles. The number of carbonyl (C=O) groups is 1. The van der Waals surface area contributed by atoms with E-state index in [1.807, 2.05) is 29.2 Å². The highest BCUT2D eigenvalue weighted by Crippen LogP contribution is 2.13. The van der Waals surface area contributed by atoms with E-state index in [1.165, 1.54) is 5.56 Å². The Labute approximate surface area is 109 Å². The Hall–Kier alpha value is -1.35. The predicted octanol–water partition coefficient (Wildman–Crippen LogP) is 2.07. The van der Waals surface area contributed by atoms with Crippen LogP contribution in [0.3, 0.4) is 0 Å². The molecule has 18 heavy (non-hydrogen) atoms. The summed E-state index contributed by atoms with van der Waals surface area (Å²) in [5.41, 5.74) is 2.07. The summed E-state index contributed by atoms with van der Waals surface area (Å²) in [6, 6.07) is 8.62. The molecule has 0 radical (unpaired) electrons. The van der Waals surface area contributed by atoms with Gasteiger partial charge in [0.05, 0.1) is 0 Å². The van der Waals surface area contributed by atoms with Gasteiger partial charge in [0, 0.05) is 30.7 Å². The molecule has 3 nitrogen and oxygen atoms in total. The van der Waals surface area contributed by atoms with Crippen molar-refractivity contribution >= 4 is 5.91 Å². The summed E-state index contributed by atoms with van der Waals surface area (Å²) in [4.78, 5) is 14.4. The Balaban J connectivity index is 2.13. The second kappa shape index (κ2) is 5.53. The first-order valence-electron chi connectivity index (χ1n) is 6.75. The molecule has 2 unspecified atom stereocenters. The number of carbonyl (C=O) groups excluding carboxylic acids is 1. The van der Waals surface area contributed by atoms with Crippen LogP contribution in [0.1, 0.15) is 36.7 Å². The highest BCUT2D eigenvalue weighted by molar-refractivity contribution is 5.94. The first kappa shape index (κ1) is 13.1. The molecule has 0 aliphatic carbocycles. The fraction of sp³-hybridized carbons (Fsp3) is 0.533. The van der Waals surface area contributed by atoms with Gasteiger partial charge in [-0.05, 0) is 38.0 Å². The smallest absolute Gasteiger partial charge is 0.254 e. The van der Waals surface area contributed by atoms with E-state index in [4.69, 9.17) is 0 Å². The van der Waals surface area contributed by atoms with Crippen LogP contribution >= 0.6 is 0 Å². The van der Waals surface area contributed by atoms with Crippen LogP contribution < -0.4 is 5.32 Å². The van der Waals surface area contributed by atoms with Crippen LogP contribution in [0, 0.1) is 0 Å². The minimum absolute atomic E-state index is 0.151. The molecule has 98 valence electrons. The molecular formula is C15H22N2O. The van der Waals surface area contributed by atoms with Crippen LogP contribution in [-0.4, -0.2) is 36.0 Å². The topological polar surface area (TPSA) is 32.3 Å². The van der Waals surface area contributed by atoms with Crippen molar-refractivity contribution in [1.29, 1.82) is 0 Å². The van der Waals surface area contributed by atoms with E-state index < -0.39 is 0 Å². The number of nitrogens with one attached hydrogen (secondary N) is 1. The zero-order chi connectivity index (χ0) is 13.1. The summed E-state index contributed by atoms with van der Waals surface area (Å²) in [5.74, 6) is 0.151. The van der Waals surface area contributed by atoms with E-state index in [1.54, 1.807) is 0 Å². The zero-order valence-corrected chi connectivity index (χ0v) is 11.4. The van der Waals surface area contributed by atoms with E-state index in [0.29, 0.717) is 6.04 Å². The first-order chi connectivity index (χ1) is 8.61. The summed E-state index contributed by atoms with van der Waals surface area (Å²) in [6.45, 7) is 8.00. The third kappa shape index (κ3) is 2.72. The van der Waals surface area contributed by atoms with Crippen LogP contribution in [0.25, 0.3) is 0 Å². The molecule has 1 saturated heterocycles. The molecule has 1 fully saturated rings. The molecule has 0 bridgehead atoms. The molecule has 1 amide bonds. The summed E-state index contributed by atoms with van der Waals surface area (Å²) in [6.07, 6.45) is 1.01. The normalized spacial score (nSPS) is 24.1. The van der Waals surface area contributed by atoms with E-state index in [2.05, 4.69) is 26.1 Å². The zero-order valence-electron chi connectivity index (χ0n) is 11.4. The maximum Gasteiger partial charge on any atom is 0.254 e. The first-order valence-corrected chi connectivity index (χ1v) is 6.75. The summed E-state index contributed by atoms with van der Waals surface area (Å²) >= 11 is 0. The maximum atomic E-state index is 12.5. The molecule has 1 aromatic rings. The van der Waals surface area contributed by atoms with Crippen molar-refractivity contribution in [2.24, 2.45) is 0 Å². The number of hydrogen-bond acceptors (Lipinski definition) is 2. The number of rotatable bonds is 2. The standard InChI is InChI=1S/C15H22N2O/c1-4-13-5-7-14(8-6-13)15(18)17-10-11(2)16-9-12(17)3/h5-8,11-12,16H,4,9-10H2,1-3H3. The third-order valence-electron chi connectivity index (χ3n) is 3.63. The monoisotopic (exact) mass is 246 g/mol. The number of benzene rings is 1. The second-order valence-corrected chi connectivity index (χ2v) is 5.17. The predicted molar refractivity (Wildman–Crippen MR) is 73.8 cm³/mol. The Bertz CT molecular complexity index is 413. The molecule has 0 spiro atoms. The third-order valence-corrected chi connectivity index (χ3v) is 3.63. The lowest BCUT2D eigenvalue weighted by Gasteiger charge is -2.37. The molecule has 1 aromatic carbocycles. The molecule has 2 atom stereocenters. The van der Waals surface area contributed by atoms with E-state index in [9.17, 15) is 4.79 Å². The summed E-state index contributed by atoms with van der Waals surface area (Å²) in [7, 11) is 0. The van der Waals surface area contributed by atoms with Gasteiger partial charge < -0.3 is 10.2 Å². The Morgan fingerprint density at radius 3 is 2.61 bits per heavy atom. The highest BCUT2D eigenvalue weighted by Gasteiger charge is 2.27. The molecule has 1 aliphatic rings. The van der Waals surface area contributed by atoms with Gasteiger partial charge in [0.2, 0.25) is 0 Å². The lowest BCUT2D eigenvalue weighted by molar-refractivity contribution is 0.0616. The van der Waals surface area contributed by atoms with Gasteiger partial charge in [0.15, 0.2) is 0 Å². The fourth-order valence-corrected chi connectivity index (χ4v) is 2.35.